The second kappa shape index (κ2) is 5.64. The molecule has 0 radical (unpaired) electrons. The topological polar surface area (TPSA) is 66.4 Å². The third-order valence-electron chi connectivity index (χ3n) is 4.12. The minimum atomic E-state index is -1.00. The van der Waals surface area contributed by atoms with Gasteiger partial charge in [-0.15, -0.1) is 0 Å². The molecule has 0 saturated carbocycles. The van der Waals surface area contributed by atoms with E-state index in [2.05, 4.69) is 5.32 Å². The van der Waals surface area contributed by atoms with E-state index in [9.17, 15) is 9.59 Å². The molecule has 1 aliphatic carbocycles. The number of carboxylic acids is 1. The van der Waals surface area contributed by atoms with E-state index in [0.29, 0.717) is 6.42 Å². The molecule has 3 rings (SSSR count). The van der Waals surface area contributed by atoms with Crippen molar-refractivity contribution in [1.82, 2.24) is 5.32 Å². The predicted octanol–water partition coefficient (Wildman–Crippen LogP) is 2.78. The Morgan fingerprint density at radius 2 is 1.55 bits per heavy atom. The van der Waals surface area contributed by atoms with Gasteiger partial charge in [-0.25, -0.2) is 4.79 Å². The van der Waals surface area contributed by atoms with Crippen LogP contribution in [0.1, 0.15) is 30.4 Å². The van der Waals surface area contributed by atoms with Gasteiger partial charge in [-0.2, -0.15) is 0 Å². The summed E-state index contributed by atoms with van der Waals surface area (Å²) in [5, 5.41) is 11.8. The molecule has 2 aromatic rings. The zero-order chi connectivity index (χ0) is 15.7. The van der Waals surface area contributed by atoms with E-state index in [1.807, 2.05) is 48.5 Å². The van der Waals surface area contributed by atoms with Gasteiger partial charge in [0.2, 0.25) is 5.91 Å². The lowest BCUT2D eigenvalue weighted by Crippen LogP contribution is -2.42. The third kappa shape index (κ3) is 2.26. The first-order valence-corrected chi connectivity index (χ1v) is 7.35. The molecule has 2 aromatic carbocycles. The SMILES string of the molecule is CC[C@H](NC(=O)C1c2ccccc2-c2ccccc21)C(=O)O. The summed E-state index contributed by atoms with van der Waals surface area (Å²) in [5.41, 5.74) is 3.95. The van der Waals surface area contributed by atoms with Crippen LogP contribution in [0.5, 0.6) is 0 Å². The molecular formula is C18H17NO3. The van der Waals surface area contributed by atoms with Crippen molar-refractivity contribution in [2.24, 2.45) is 0 Å². The van der Waals surface area contributed by atoms with Crippen molar-refractivity contribution in [3.63, 3.8) is 0 Å². The molecular weight excluding hydrogens is 278 g/mol. The predicted molar refractivity (Wildman–Crippen MR) is 83.6 cm³/mol. The molecule has 4 heteroatoms. The van der Waals surface area contributed by atoms with Gasteiger partial charge in [0, 0.05) is 0 Å². The molecule has 0 fully saturated rings. The molecule has 0 spiro atoms. The molecule has 22 heavy (non-hydrogen) atoms. The minimum Gasteiger partial charge on any atom is -0.480 e. The van der Waals surface area contributed by atoms with E-state index in [4.69, 9.17) is 5.11 Å². The van der Waals surface area contributed by atoms with Crippen LogP contribution < -0.4 is 5.32 Å². The zero-order valence-electron chi connectivity index (χ0n) is 12.2. The van der Waals surface area contributed by atoms with Gasteiger partial charge < -0.3 is 10.4 Å². The Morgan fingerprint density at radius 1 is 1.05 bits per heavy atom. The fourth-order valence-electron chi connectivity index (χ4n) is 3.03. The molecule has 4 nitrogen and oxygen atoms in total. The number of carboxylic acid groups (broad SMARTS) is 1. The Hall–Kier alpha value is -2.62. The summed E-state index contributed by atoms with van der Waals surface area (Å²) in [5.74, 6) is -1.71. The van der Waals surface area contributed by atoms with Gasteiger partial charge in [0.05, 0.1) is 5.92 Å². The van der Waals surface area contributed by atoms with Crippen LogP contribution in [0.3, 0.4) is 0 Å². The van der Waals surface area contributed by atoms with Crippen LogP contribution in [0.4, 0.5) is 0 Å². The molecule has 1 aliphatic rings. The Kier molecular flexibility index (Phi) is 3.67. The standard InChI is InChI=1S/C18H17NO3/c1-2-15(18(21)22)19-17(20)16-13-9-5-3-7-11(13)12-8-4-6-10-14(12)16/h3-10,15-16H,2H2,1H3,(H,19,20)(H,21,22)/t15-/m0/s1. The summed E-state index contributed by atoms with van der Waals surface area (Å²) in [6.45, 7) is 1.75. The Morgan fingerprint density at radius 3 is 2.00 bits per heavy atom. The Labute approximate surface area is 128 Å². The number of carbonyl (C=O) groups is 2. The molecule has 1 atom stereocenters. The summed E-state index contributed by atoms with van der Waals surface area (Å²) in [6.07, 6.45) is 0.358. The van der Waals surface area contributed by atoms with Crippen LogP contribution in [0.15, 0.2) is 48.5 Å². The van der Waals surface area contributed by atoms with E-state index < -0.39 is 17.9 Å². The van der Waals surface area contributed by atoms with Crippen molar-refractivity contribution >= 4 is 11.9 Å². The number of nitrogens with one attached hydrogen (secondary N) is 1. The molecule has 112 valence electrons. The maximum Gasteiger partial charge on any atom is 0.326 e. The van der Waals surface area contributed by atoms with E-state index in [-0.39, 0.29) is 5.91 Å². The maximum atomic E-state index is 12.7. The second-order valence-electron chi connectivity index (χ2n) is 5.42. The van der Waals surface area contributed by atoms with E-state index in [1.165, 1.54) is 0 Å². The van der Waals surface area contributed by atoms with E-state index in [0.717, 1.165) is 22.3 Å². The number of hydrogen-bond acceptors (Lipinski definition) is 2. The fourth-order valence-corrected chi connectivity index (χ4v) is 3.03. The number of rotatable bonds is 4. The first kappa shape index (κ1) is 14.3. The number of benzene rings is 2. The van der Waals surface area contributed by atoms with Gasteiger partial charge in [0.25, 0.3) is 0 Å². The van der Waals surface area contributed by atoms with Crippen molar-refractivity contribution in [2.45, 2.75) is 25.3 Å². The van der Waals surface area contributed by atoms with Gasteiger partial charge in [-0.05, 0) is 28.7 Å². The number of fused-ring (bicyclic) bond motifs is 3. The van der Waals surface area contributed by atoms with Crippen molar-refractivity contribution in [1.29, 1.82) is 0 Å². The highest BCUT2D eigenvalue weighted by Crippen LogP contribution is 2.44. The van der Waals surface area contributed by atoms with Crippen LogP contribution in [0.2, 0.25) is 0 Å². The summed E-state index contributed by atoms with van der Waals surface area (Å²) in [6, 6.07) is 14.7. The average Bonchev–Trinajstić information content (AvgIpc) is 2.86. The number of amides is 1. The second-order valence-corrected chi connectivity index (χ2v) is 5.42. The van der Waals surface area contributed by atoms with Gasteiger partial charge in [-0.3, -0.25) is 4.79 Å². The molecule has 0 unspecified atom stereocenters. The molecule has 1 amide bonds. The summed E-state index contributed by atoms with van der Waals surface area (Å²) in [7, 11) is 0. The number of carbonyl (C=O) groups excluding carboxylic acids is 1. The Balaban J connectivity index is 2.00. The molecule has 0 bridgehead atoms. The minimum absolute atomic E-state index is 0.258. The van der Waals surface area contributed by atoms with Crippen LogP contribution in [-0.4, -0.2) is 23.0 Å². The number of hydrogen-bond donors (Lipinski definition) is 2. The number of aliphatic carboxylic acids is 1. The fraction of sp³-hybridized carbons (Fsp3) is 0.222. The maximum absolute atomic E-state index is 12.7. The normalized spacial score (nSPS) is 14.0. The van der Waals surface area contributed by atoms with Crippen molar-refractivity contribution in [3.8, 4) is 11.1 Å². The van der Waals surface area contributed by atoms with Crippen LogP contribution in [0, 0.1) is 0 Å². The largest absolute Gasteiger partial charge is 0.480 e. The monoisotopic (exact) mass is 295 g/mol. The molecule has 0 saturated heterocycles. The van der Waals surface area contributed by atoms with Crippen molar-refractivity contribution < 1.29 is 14.7 Å². The van der Waals surface area contributed by atoms with E-state index >= 15 is 0 Å². The molecule has 0 heterocycles. The van der Waals surface area contributed by atoms with Gasteiger partial charge >= 0.3 is 5.97 Å². The summed E-state index contributed by atoms with van der Waals surface area (Å²) in [4.78, 5) is 23.8. The molecule has 0 aliphatic heterocycles. The summed E-state index contributed by atoms with van der Waals surface area (Å²) < 4.78 is 0. The highest BCUT2D eigenvalue weighted by molar-refractivity contribution is 5.97. The van der Waals surface area contributed by atoms with Gasteiger partial charge in [0.1, 0.15) is 6.04 Å². The van der Waals surface area contributed by atoms with Gasteiger partial charge in [-0.1, -0.05) is 55.5 Å². The highest BCUT2D eigenvalue weighted by Gasteiger charge is 2.34. The van der Waals surface area contributed by atoms with Crippen LogP contribution in [-0.2, 0) is 9.59 Å². The lowest BCUT2D eigenvalue weighted by atomic mass is 9.95. The van der Waals surface area contributed by atoms with Gasteiger partial charge in [0.15, 0.2) is 0 Å². The highest BCUT2D eigenvalue weighted by atomic mass is 16.4. The third-order valence-corrected chi connectivity index (χ3v) is 4.12. The molecule has 0 aromatic heterocycles. The van der Waals surface area contributed by atoms with Crippen molar-refractivity contribution in [3.05, 3.63) is 59.7 Å². The van der Waals surface area contributed by atoms with E-state index in [1.54, 1.807) is 6.92 Å². The first-order chi connectivity index (χ1) is 10.6. The molecule has 2 N–H and O–H groups in total. The quantitative estimate of drug-likeness (QED) is 0.911. The first-order valence-electron chi connectivity index (χ1n) is 7.35. The van der Waals surface area contributed by atoms with Crippen LogP contribution >= 0.6 is 0 Å². The Bertz CT molecular complexity index is 693. The lowest BCUT2D eigenvalue weighted by molar-refractivity contribution is -0.142. The summed E-state index contributed by atoms with van der Waals surface area (Å²) >= 11 is 0. The lowest BCUT2D eigenvalue weighted by Gasteiger charge is -2.17. The zero-order valence-corrected chi connectivity index (χ0v) is 12.2. The average molecular weight is 295 g/mol. The van der Waals surface area contributed by atoms with Crippen molar-refractivity contribution in [2.75, 3.05) is 0 Å². The van der Waals surface area contributed by atoms with Crippen LogP contribution in [0.25, 0.3) is 11.1 Å². The smallest absolute Gasteiger partial charge is 0.326 e.